The van der Waals surface area contributed by atoms with Crippen LogP contribution in [0.1, 0.15) is 61.9 Å². The number of hydrogen-bond donors (Lipinski definition) is 1. The lowest BCUT2D eigenvalue weighted by Crippen LogP contribution is -2.00. The quantitative estimate of drug-likeness (QED) is 0.197. The molecule has 0 aliphatic carbocycles. The SMILES string of the molecule is C=C/C(=C\C=C/C)Cc1ccccc1-c1c(CC(/C=C\CC)=C/C)cccc1/C(C)=C/C=C\Cc1cccc(CN)c1. The van der Waals surface area contributed by atoms with Gasteiger partial charge in [0.25, 0.3) is 0 Å². The summed E-state index contributed by atoms with van der Waals surface area (Å²) in [6.45, 7) is 13.2. The van der Waals surface area contributed by atoms with Crippen molar-refractivity contribution in [2.45, 2.75) is 59.9 Å². The van der Waals surface area contributed by atoms with Crippen LogP contribution in [0, 0.1) is 0 Å². The molecule has 0 atom stereocenters. The molecule has 1 heteroatoms. The molecule has 3 aromatic rings. The fourth-order valence-electron chi connectivity index (χ4n) is 5.09. The zero-order chi connectivity index (χ0) is 30.2. The van der Waals surface area contributed by atoms with Crippen molar-refractivity contribution in [2.24, 2.45) is 5.73 Å². The molecular formula is C41H47N. The molecule has 1 nitrogen and oxygen atoms in total. The maximum Gasteiger partial charge on any atom is 0.0178 e. The molecule has 0 amide bonds. The highest BCUT2D eigenvalue weighted by molar-refractivity contribution is 5.85. The van der Waals surface area contributed by atoms with Crippen LogP contribution in [0.5, 0.6) is 0 Å². The van der Waals surface area contributed by atoms with E-state index in [2.05, 4.69) is 149 Å². The maximum absolute atomic E-state index is 5.84. The summed E-state index contributed by atoms with van der Waals surface area (Å²) in [5.41, 5.74) is 18.5. The summed E-state index contributed by atoms with van der Waals surface area (Å²) < 4.78 is 0. The lowest BCUT2D eigenvalue weighted by molar-refractivity contribution is 1.06. The minimum Gasteiger partial charge on any atom is -0.326 e. The molecule has 0 saturated heterocycles. The first-order chi connectivity index (χ1) is 20.5. The van der Waals surface area contributed by atoms with E-state index in [1.807, 2.05) is 13.0 Å². The molecule has 0 spiro atoms. The van der Waals surface area contributed by atoms with Crippen LogP contribution >= 0.6 is 0 Å². The summed E-state index contributed by atoms with van der Waals surface area (Å²) >= 11 is 0. The Hall–Kier alpha value is -4.20. The maximum atomic E-state index is 5.84. The molecule has 0 unspecified atom stereocenters. The van der Waals surface area contributed by atoms with Crippen molar-refractivity contribution in [1.82, 2.24) is 0 Å². The Bertz CT molecular complexity index is 1500. The Kier molecular flexibility index (Phi) is 13.5. The van der Waals surface area contributed by atoms with Gasteiger partial charge in [0.15, 0.2) is 0 Å². The Balaban J connectivity index is 2.09. The zero-order valence-electron chi connectivity index (χ0n) is 25.9. The standard InChI is InChI=1S/C41H47N/c1-6-10-19-33(8-3)29-37-24-14-15-26-40(37)41-38(30-34(9-4)20-11-7-2)25-17-27-39(41)32(5)18-12-13-21-35-22-16-23-36(28-35)31-42/h6,8-20,22-28H,3,7,21,29-31,42H2,1-2,4-5H3/b10-6-,13-12-,20-11-,32-18+,33-19+,34-9+. The van der Waals surface area contributed by atoms with Crippen molar-refractivity contribution in [3.8, 4) is 11.1 Å². The fourth-order valence-corrected chi connectivity index (χ4v) is 5.09. The van der Waals surface area contributed by atoms with Gasteiger partial charge in [0.2, 0.25) is 0 Å². The van der Waals surface area contributed by atoms with Crippen LogP contribution in [0.25, 0.3) is 16.7 Å². The van der Waals surface area contributed by atoms with Crippen molar-refractivity contribution >= 4 is 5.57 Å². The van der Waals surface area contributed by atoms with E-state index >= 15 is 0 Å². The monoisotopic (exact) mass is 553 g/mol. The van der Waals surface area contributed by atoms with Gasteiger partial charge >= 0.3 is 0 Å². The lowest BCUT2D eigenvalue weighted by Gasteiger charge is -2.19. The van der Waals surface area contributed by atoms with E-state index < -0.39 is 0 Å². The minimum atomic E-state index is 0.569. The minimum absolute atomic E-state index is 0.569. The molecule has 3 aromatic carbocycles. The second kappa shape index (κ2) is 17.6. The molecule has 0 radical (unpaired) electrons. The molecule has 0 heterocycles. The Morgan fingerprint density at radius 2 is 1.55 bits per heavy atom. The van der Waals surface area contributed by atoms with E-state index in [1.54, 1.807) is 0 Å². The zero-order valence-corrected chi connectivity index (χ0v) is 25.9. The van der Waals surface area contributed by atoms with Gasteiger partial charge in [-0.1, -0.05) is 141 Å². The molecule has 0 saturated carbocycles. The van der Waals surface area contributed by atoms with Crippen molar-refractivity contribution in [2.75, 3.05) is 0 Å². The molecule has 0 aliphatic rings. The summed E-state index contributed by atoms with van der Waals surface area (Å²) in [6, 6.07) is 24.1. The van der Waals surface area contributed by atoms with Gasteiger partial charge in [0.05, 0.1) is 0 Å². The van der Waals surface area contributed by atoms with E-state index in [-0.39, 0.29) is 0 Å². The van der Waals surface area contributed by atoms with Crippen LogP contribution in [0.15, 0.2) is 145 Å². The first kappa shape index (κ1) is 32.3. The average Bonchev–Trinajstić information content (AvgIpc) is 3.03. The molecular weight excluding hydrogens is 506 g/mol. The number of hydrogen-bond acceptors (Lipinski definition) is 1. The van der Waals surface area contributed by atoms with Crippen LogP contribution in [-0.4, -0.2) is 0 Å². The average molecular weight is 554 g/mol. The van der Waals surface area contributed by atoms with E-state index in [4.69, 9.17) is 5.73 Å². The Labute approximate surface area is 254 Å². The van der Waals surface area contributed by atoms with Gasteiger partial charge in [-0.25, -0.2) is 0 Å². The van der Waals surface area contributed by atoms with E-state index in [1.165, 1.54) is 55.7 Å². The Morgan fingerprint density at radius 3 is 2.29 bits per heavy atom. The van der Waals surface area contributed by atoms with Gasteiger partial charge in [0, 0.05) is 6.54 Å². The summed E-state index contributed by atoms with van der Waals surface area (Å²) in [5, 5.41) is 0. The Morgan fingerprint density at radius 1 is 0.810 bits per heavy atom. The largest absolute Gasteiger partial charge is 0.326 e. The smallest absolute Gasteiger partial charge is 0.0178 e. The normalized spacial score (nSPS) is 13.1. The third-order valence-corrected chi connectivity index (χ3v) is 7.42. The van der Waals surface area contributed by atoms with Gasteiger partial charge in [-0.2, -0.15) is 0 Å². The van der Waals surface area contributed by atoms with Crippen molar-refractivity contribution < 1.29 is 0 Å². The lowest BCUT2D eigenvalue weighted by atomic mass is 9.84. The third-order valence-electron chi connectivity index (χ3n) is 7.42. The highest BCUT2D eigenvalue weighted by atomic mass is 14.5. The van der Waals surface area contributed by atoms with Crippen molar-refractivity contribution in [1.29, 1.82) is 0 Å². The summed E-state index contributed by atoms with van der Waals surface area (Å²) in [7, 11) is 0. The van der Waals surface area contributed by atoms with Crippen molar-refractivity contribution in [3.63, 3.8) is 0 Å². The predicted octanol–water partition coefficient (Wildman–Crippen LogP) is 10.7. The molecule has 3 rings (SSSR count). The van der Waals surface area contributed by atoms with Crippen molar-refractivity contribution in [3.05, 3.63) is 173 Å². The van der Waals surface area contributed by atoms with Gasteiger partial charge in [-0.3, -0.25) is 0 Å². The highest BCUT2D eigenvalue weighted by Crippen LogP contribution is 2.36. The van der Waals surface area contributed by atoms with Gasteiger partial charge in [0.1, 0.15) is 0 Å². The van der Waals surface area contributed by atoms with E-state index in [0.717, 1.165) is 25.7 Å². The number of benzene rings is 3. The van der Waals surface area contributed by atoms with Crippen LogP contribution in [0.3, 0.4) is 0 Å². The summed E-state index contributed by atoms with van der Waals surface area (Å²) in [5.74, 6) is 0. The fraction of sp³-hybridized carbons (Fsp3) is 0.220. The molecule has 0 aliphatic heterocycles. The molecule has 42 heavy (non-hydrogen) atoms. The second-order valence-corrected chi connectivity index (χ2v) is 10.5. The van der Waals surface area contributed by atoms with Crippen LogP contribution < -0.4 is 5.73 Å². The number of rotatable bonds is 14. The molecule has 216 valence electrons. The highest BCUT2D eigenvalue weighted by Gasteiger charge is 2.16. The van der Waals surface area contributed by atoms with E-state index in [0.29, 0.717) is 6.54 Å². The predicted molar refractivity (Wildman–Crippen MR) is 186 cm³/mol. The first-order valence-electron chi connectivity index (χ1n) is 15.1. The van der Waals surface area contributed by atoms with Gasteiger partial charge in [-0.05, 0) is 102 Å². The molecule has 0 fully saturated rings. The van der Waals surface area contributed by atoms with E-state index in [9.17, 15) is 0 Å². The first-order valence-corrected chi connectivity index (χ1v) is 15.1. The second-order valence-electron chi connectivity index (χ2n) is 10.5. The molecule has 0 bridgehead atoms. The van der Waals surface area contributed by atoms with Crippen LogP contribution in [-0.2, 0) is 25.8 Å². The number of allylic oxidation sites excluding steroid dienone is 13. The topological polar surface area (TPSA) is 26.0 Å². The summed E-state index contributed by atoms with van der Waals surface area (Å²) in [4.78, 5) is 0. The molecule has 2 N–H and O–H groups in total. The molecule has 0 aromatic heterocycles. The summed E-state index contributed by atoms with van der Waals surface area (Å²) in [6.07, 6.45) is 25.3. The third kappa shape index (κ3) is 9.43. The van der Waals surface area contributed by atoms with Gasteiger partial charge < -0.3 is 5.73 Å². The van der Waals surface area contributed by atoms with Gasteiger partial charge in [-0.15, -0.1) is 0 Å². The van der Waals surface area contributed by atoms with Crippen LogP contribution in [0.2, 0.25) is 0 Å². The number of nitrogens with two attached hydrogens (primary N) is 1. The van der Waals surface area contributed by atoms with Crippen LogP contribution in [0.4, 0.5) is 0 Å².